The summed E-state index contributed by atoms with van der Waals surface area (Å²) < 4.78 is 0. The van der Waals surface area contributed by atoms with Crippen molar-refractivity contribution in [3.8, 4) is 16.9 Å². The molecule has 148 valence electrons. The van der Waals surface area contributed by atoms with E-state index in [4.69, 9.17) is 11.6 Å². The molecule has 2 aromatic carbocycles. The Balaban J connectivity index is 1.63. The lowest BCUT2D eigenvalue weighted by Crippen LogP contribution is -2.51. The van der Waals surface area contributed by atoms with Gasteiger partial charge in [-0.2, -0.15) is 0 Å². The first-order valence-corrected chi connectivity index (χ1v) is 9.74. The summed E-state index contributed by atoms with van der Waals surface area (Å²) >= 11 is 6.28. The molecule has 0 bridgehead atoms. The van der Waals surface area contributed by atoms with Crippen molar-refractivity contribution in [2.45, 2.75) is 13.3 Å². The Hall–Kier alpha value is -2.73. The summed E-state index contributed by atoms with van der Waals surface area (Å²) in [7, 11) is 0. The van der Waals surface area contributed by atoms with Crippen molar-refractivity contribution in [3.05, 3.63) is 47.5 Å². The van der Waals surface area contributed by atoms with Crippen molar-refractivity contribution in [1.82, 2.24) is 9.80 Å². The van der Waals surface area contributed by atoms with Crippen LogP contribution >= 0.6 is 11.6 Å². The number of halogens is 1. The van der Waals surface area contributed by atoms with Crippen molar-refractivity contribution in [1.29, 1.82) is 0 Å². The van der Waals surface area contributed by atoms with E-state index in [0.717, 1.165) is 11.1 Å². The fourth-order valence-electron chi connectivity index (χ4n) is 3.25. The molecule has 2 amide bonds. The molecule has 1 fully saturated rings. The molecule has 28 heavy (non-hydrogen) atoms. The summed E-state index contributed by atoms with van der Waals surface area (Å²) in [6, 6.07) is 12.8. The van der Waals surface area contributed by atoms with E-state index in [1.807, 2.05) is 37.3 Å². The monoisotopic (exact) mass is 401 g/mol. The Bertz CT molecular complexity index is 849. The van der Waals surface area contributed by atoms with Crippen LogP contribution in [-0.2, 0) is 9.59 Å². The lowest BCUT2D eigenvalue weighted by Gasteiger charge is -2.34. The molecule has 0 spiro atoms. The number of piperazine rings is 1. The van der Waals surface area contributed by atoms with Gasteiger partial charge < -0.3 is 20.2 Å². The first-order chi connectivity index (χ1) is 13.5. The maximum Gasteiger partial charge on any atom is 0.241 e. The average molecular weight is 402 g/mol. The van der Waals surface area contributed by atoms with E-state index in [1.165, 1.54) is 6.07 Å². The van der Waals surface area contributed by atoms with Crippen LogP contribution in [0.5, 0.6) is 5.75 Å². The Kier molecular flexibility index (Phi) is 6.41. The van der Waals surface area contributed by atoms with Gasteiger partial charge in [0.1, 0.15) is 5.75 Å². The van der Waals surface area contributed by atoms with Gasteiger partial charge in [0.2, 0.25) is 11.8 Å². The summed E-state index contributed by atoms with van der Waals surface area (Å²) in [6.45, 7) is 4.06. The van der Waals surface area contributed by atoms with Crippen LogP contribution in [-0.4, -0.2) is 59.4 Å². The number of phenolic OH excluding ortho intramolecular Hbond substituents is 1. The normalized spacial score (nSPS) is 14.1. The number of carbonyl (C=O) groups excluding carboxylic acids is 2. The Morgan fingerprint density at radius 3 is 2.25 bits per heavy atom. The van der Waals surface area contributed by atoms with Gasteiger partial charge in [-0.15, -0.1) is 0 Å². The van der Waals surface area contributed by atoms with Crippen LogP contribution in [0.4, 0.5) is 5.69 Å². The van der Waals surface area contributed by atoms with Crippen LogP contribution in [0.15, 0.2) is 42.5 Å². The molecule has 0 aromatic heterocycles. The first kappa shape index (κ1) is 20.0. The van der Waals surface area contributed by atoms with E-state index in [2.05, 4.69) is 5.32 Å². The van der Waals surface area contributed by atoms with E-state index < -0.39 is 0 Å². The van der Waals surface area contributed by atoms with E-state index in [1.54, 1.807) is 15.9 Å². The Morgan fingerprint density at radius 1 is 1.04 bits per heavy atom. The number of nitrogens with one attached hydrogen (secondary N) is 1. The van der Waals surface area contributed by atoms with E-state index in [9.17, 15) is 14.7 Å². The summed E-state index contributed by atoms with van der Waals surface area (Å²) in [6.07, 6.45) is 0.481. The number of hydrogen-bond acceptors (Lipinski definition) is 4. The highest BCUT2D eigenvalue weighted by Gasteiger charge is 2.23. The van der Waals surface area contributed by atoms with Crippen molar-refractivity contribution < 1.29 is 14.7 Å². The SMILES string of the molecule is CCC(=O)N1CCN(C(=O)CNc2cc(-c3ccccc3)c(Cl)cc2O)CC1. The third-order valence-corrected chi connectivity index (χ3v) is 5.20. The number of benzene rings is 2. The fourth-order valence-corrected chi connectivity index (χ4v) is 3.52. The Labute approximate surface area is 169 Å². The number of rotatable bonds is 5. The molecule has 2 aromatic rings. The molecule has 1 saturated heterocycles. The van der Waals surface area contributed by atoms with E-state index in [0.29, 0.717) is 43.3 Å². The number of hydrogen-bond donors (Lipinski definition) is 2. The first-order valence-electron chi connectivity index (χ1n) is 9.37. The molecule has 0 aliphatic carbocycles. The third kappa shape index (κ3) is 4.57. The largest absolute Gasteiger partial charge is 0.506 e. The predicted octanol–water partition coefficient (Wildman–Crippen LogP) is 3.21. The molecule has 0 radical (unpaired) electrons. The van der Waals surface area contributed by atoms with Crippen molar-refractivity contribution in [2.24, 2.45) is 0 Å². The summed E-state index contributed by atoms with van der Waals surface area (Å²) in [5.41, 5.74) is 2.16. The molecule has 7 heteroatoms. The van der Waals surface area contributed by atoms with Crippen molar-refractivity contribution in [3.63, 3.8) is 0 Å². The van der Waals surface area contributed by atoms with E-state index in [-0.39, 0.29) is 24.1 Å². The number of phenols is 1. The Morgan fingerprint density at radius 2 is 1.64 bits per heavy atom. The minimum Gasteiger partial charge on any atom is -0.506 e. The summed E-state index contributed by atoms with van der Waals surface area (Å²) in [4.78, 5) is 27.8. The highest BCUT2D eigenvalue weighted by Crippen LogP contribution is 2.36. The van der Waals surface area contributed by atoms with Gasteiger partial charge in [-0.05, 0) is 11.6 Å². The maximum absolute atomic E-state index is 12.5. The standard InChI is InChI=1S/C21H24ClN3O3/c1-2-20(27)24-8-10-25(11-9-24)21(28)14-23-18-12-16(17(22)13-19(18)26)15-6-4-3-5-7-15/h3-7,12-13,23,26H,2,8-11,14H2,1H3. The second-order valence-corrected chi connectivity index (χ2v) is 7.09. The molecule has 1 aliphatic heterocycles. The topological polar surface area (TPSA) is 72.9 Å². The zero-order chi connectivity index (χ0) is 20.1. The van der Waals surface area contributed by atoms with Gasteiger partial charge in [0.05, 0.1) is 17.3 Å². The lowest BCUT2D eigenvalue weighted by molar-refractivity contribution is -0.138. The van der Waals surface area contributed by atoms with Crippen molar-refractivity contribution in [2.75, 3.05) is 38.0 Å². The third-order valence-electron chi connectivity index (χ3n) is 4.89. The molecular formula is C21H24ClN3O3. The number of amides is 2. The van der Waals surface area contributed by atoms with Gasteiger partial charge in [-0.1, -0.05) is 48.9 Å². The summed E-state index contributed by atoms with van der Waals surface area (Å²) in [5, 5.41) is 13.6. The van der Waals surface area contributed by atoms with Crippen LogP contribution in [0.25, 0.3) is 11.1 Å². The maximum atomic E-state index is 12.5. The number of nitrogens with zero attached hydrogens (tertiary/aromatic N) is 2. The van der Waals surface area contributed by atoms with Gasteiger partial charge in [-0.3, -0.25) is 9.59 Å². The predicted molar refractivity (Wildman–Crippen MR) is 110 cm³/mol. The molecule has 1 heterocycles. The molecule has 0 atom stereocenters. The lowest BCUT2D eigenvalue weighted by atomic mass is 10.0. The fraction of sp³-hybridized carbons (Fsp3) is 0.333. The van der Waals surface area contributed by atoms with Gasteiger partial charge in [0, 0.05) is 44.2 Å². The van der Waals surface area contributed by atoms with E-state index >= 15 is 0 Å². The zero-order valence-electron chi connectivity index (χ0n) is 15.8. The number of anilines is 1. The minimum absolute atomic E-state index is 0.00385. The van der Waals surface area contributed by atoms with Gasteiger partial charge in [-0.25, -0.2) is 0 Å². The van der Waals surface area contributed by atoms with Gasteiger partial charge >= 0.3 is 0 Å². The highest BCUT2D eigenvalue weighted by molar-refractivity contribution is 6.33. The minimum atomic E-state index is -0.0702. The molecule has 0 unspecified atom stereocenters. The van der Waals surface area contributed by atoms with Gasteiger partial charge in [0.25, 0.3) is 0 Å². The second kappa shape index (κ2) is 8.97. The molecular weight excluding hydrogens is 378 g/mol. The van der Waals surface area contributed by atoms with Crippen LogP contribution in [0.2, 0.25) is 5.02 Å². The quantitative estimate of drug-likeness (QED) is 0.754. The molecule has 6 nitrogen and oxygen atoms in total. The smallest absolute Gasteiger partial charge is 0.241 e. The average Bonchev–Trinajstić information content (AvgIpc) is 2.73. The zero-order valence-corrected chi connectivity index (χ0v) is 16.6. The second-order valence-electron chi connectivity index (χ2n) is 6.68. The molecule has 1 aliphatic rings. The number of aromatic hydroxyl groups is 1. The number of carbonyl (C=O) groups is 2. The van der Waals surface area contributed by atoms with Gasteiger partial charge in [0.15, 0.2) is 0 Å². The molecule has 3 rings (SSSR count). The van der Waals surface area contributed by atoms with Crippen molar-refractivity contribution >= 4 is 29.1 Å². The summed E-state index contributed by atoms with van der Waals surface area (Å²) in [5.74, 6) is 0.0415. The van der Waals surface area contributed by atoms with Crippen LogP contribution < -0.4 is 5.32 Å². The molecule has 0 saturated carbocycles. The highest BCUT2D eigenvalue weighted by atomic mass is 35.5. The van der Waals surface area contributed by atoms with Crippen LogP contribution in [0.1, 0.15) is 13.3 Å². The van der Waals surface area contributed by atoms with Crippen LogP contribution in [0.3, 0.4) is 0 Å². The molecule has 2 N–H and O–H groups in total. The van der Waals surface area contributed by atoms with Crippen LogP contribution in [0, 0.1) is 0 Å².